The van der Waals surface area contributed by atoms with Crippen molar-refractivity contribution in [3.8, 4) is 11.5 Å². The van der Waals surface area contributed by atoms with Gasteiger partial charge in [0.1, 0.15) is 10.1 Å². The summed E-state index contributed by atoms with van der Waals surface area (Å²) in [6, 6.07) is 3.01. The molecule has 126 valence electrons. The molecule has 0 aromatic heterocycles. The van der Waals surface area contributed by atoms with E-state index in [9.17, 15) is 4.79 Å². The van der Waals surface area contributed by atoms with Crippen molar-refractivity contribution in [3.63, 3.8) is 0 Å². The minimum atomic E-state index is -0.718. The quantitative estimate of drug-likeness (QED) is 0.657. The molecule has 23 heavy (non-hydrogen) atoms. The number of halogens is 4. The fraction of sp³-hybridized carbons (Fsp3) is 0.533. The third kappa shape index (κ3) is 4.11. The second-order valence-corrected chi connectivity index (χ2v) is 8.11. The summed E-state index contributed by atoms with van der Waals surface area (Å²) < 4.78 is 10.3. The fourth-order valence-corrected chi connectivity index (χ4v) is 3.37. The highest BCUT2D eigenvalue weighted by Gasteiger charge is 2.52. The van der Waals surface area contributed by atoms with E-state index >= 15 is 0 Å². The summed E-state index contributed by atoms with van der Waals surface area (Å²) in [5.74, 6) is 0.672. The molecule has 1 saturated heterocycles. The summed E-state index contributed by atoms with van der Waals surface area (Å²) in [7, 11) is 0. The van der Waals surface area contributed by atoms with E-state index in [1.807, 2.05) is 0 Å². The van der Waals surface area contributed by atoms with E-state index in [1.165, 1.54) is 12.1 Å². The highest BCUT2D eigenvalue weighted by molar-refractivity contribution is 6.50. The van der Waals surface area contributed by atoms with Crippen LogP contribution in [0.1, 0.15) is 19.3 Å². The zero-order chi connectivity index (χ0) is 16.6. The maximum absolute atomic E-state index is 12.1. The zero-order valence-electron chi connectivity index (χ0n) is 12.2. The van der Waals surface area contributed by atoms with Crippen LogP contribution in [0, 0.1) is 5.92 Å². The van der Waals surface area contributed by atoms with Gasteiger partial charge in [0, 0.05) is 25.1 Å². The number of benzene rings is 1. The molecule has 3 rings (SSSR count). The standard InChI is InChI=1S/C15H15Cl4NO3/c16-10-5-11(17)13(23-14(21)20-3-1-2-4-20)6-12(10)22-8-9-7-15(9,18)19/h5-6,9H,1-4,7-8H2. The first-order chi connectivity index (χ1) is 10.9. The molecule has 2 fully saturated rings. The molecule has 8 heteroatoms. The highest BCUT2D eigenvalue weighted by atomic mass is 35.5. The molecule has 0 N–H and O–H groups in total. The number of likely N-dealkylation sites (tertiary alicyclic amines) is 1. The molecule has 0 spiro atoms. The summed E-state index contributed by atoms with van der Waals surface area (Å²) in [4.78, 5) is 13.7. The van der Waals surface area contributed by atoms with Gasteiger partial charge in [-0.1, -0.05) is 23.2 Å². The fourth-order valence-electron chi connectivity index (χ4n) is 2.40. The minimum absolute atomic E-state index is 0.0631. The third-order valence-corrected chi connectivity index (χ3v) is 5.46. The number of alkyl halides is 2. The van der Waals surface area contributed by atoms with Crippen LogP contribution in [0.4, 0.5) is 4.79 Å². The van der Waals surface area contributed by atoms with Crippen LogP contribution in [-0.2, 0) is 0 Å². The molecule has 1 aromatic rings. The van der Waals surface area contributed by atoms with E-state index < -0.39 is 10.4 Å². The Labute approximate surface area is 154 Å². The molecule has 0 radical (unpaired) electrons. The van der Waals surface area contributed by atoms with E-state index in [-0.39, 0.29) is 16.7 Å². The molecule has 1 saturated carbocycles. The van der Waals surface area contributed by atoms with Crippen molar-refractivity contribution in [2.75, 3.05) is 19.7 Å². The van der Waals surface area contributed by atoms with Gasteiger partial charge in [0.15, 0.2) is 5.75 Å². The predicted molar refractivity (Wildman–Crippen MR) is 91.3 cm³/mol. The SMILES string of the molecule is O=C(Oc1cc(OCC2CC2(Cl)Cl)c(Cl)cc1Cl)N1CCCC1. The van der Waals surface area contributed by atoms with Gasteiger partial charge in [-0.15, -0.1) is 23.2 Å². The Morgan fingerprint density at radius 3 is 2.39 bits per heavy atom. The van der Waals surface area contributed by atoms with Crippen LogP contribution in [0.2, 0.25) is 10.0 Å². The summed E-state index contributed by atoms with van der Waals surface area (Å²) in [6.45, 7) is 1.74. The molecule has 4 nitrogen and oxygen atoms in total. The minimum Gasteiger partial charge on any atom is -0.491 e. The Hall–Kier alpha value is -0.550. The lowest BCUT2D eigenvalue weighted by atomic mass is 10.3. The molecular weight excluding hydrogens is 384 g/mol. The van der Waals surface area contributed by atoms with Crippen molar-refractivity contribution < 1.29 is 14.3 Å². The van der Waals surface area contributed by atoms with Gasteiger partial charge >= 0.3 is 6.09 Å². The number of hydrogen-bond acceptors (Lipinski definition) is 3. The Morgan fingerprint density at radius 2 is 1.78 bits per heavy atom. The van der Waals surface area contributed by atoms with Crippen molar-refractivity contribution in [2.24, 2.45) is 5.92 Å². The van der Waals surface area contributed by atoms with E-state index in [0.717, 1.165) is 12.8 Å². The molecule has 2 aliphatic rings. The molecule has 1 unspecified atom stereocenters. The largest absolute Gasteiger partial charge is 0.491 e. The van der Waals surface area contributed by atoms with Gasteiger partial charge in [0.25, 0.3) is 0 Å². The van der Waals surface area contributed by atoms with Crippen LogP contribution in [0.5, 0.6) is 11.5 Å². The van der Waals surface area contributed by atoms with E-state index in [4.69, 9.17) is 55.9 Å². The van der Waals surface area contributed by atoms with Gasteiger partial charge in [0.2, 0.25) is 0 Å². The number of carbonyl (C=O) groups excluding carboxylic acids is 1. The molecule has 1 aliphatic heterocycles. The summed E-state index contributed by atoms with van der Waals surface area (Å²) in [5, 5.41) is 0.594. The van der Waals surface area contributed by atoms with Crippen molar-refractivity contribution in [2.45, 2.75) is 23.6 Å². The molecule has 1 heterocycles. The first-order valence-electron chi connectivity index (χ1n) is 7.33. The first-order valence-corrected chi connectivity index (χ1v) is 8.84. The summed E-state index contributed by atoms with van der Waals surface area (Å²) in [5.41, 5.74) is 0. The molecule has 0 bridgehead atoms. The zero-order valence-corrected chi connectivity index (χ0v) is 15.2. The number of rotatable bonds is 4. The Balaban J connectivity index is 1.67. The second-order valence-electron chi connectivity index (χ2n) is 5.75. The normalized spacial score (nSPS) is 22.1. The average molecular weight is 399 g/mol. The van der Waals surface area contributed by atoms with Gasteiger partial charge < -0.3 is 14.4 Å². The van der Waals surface area contributed by atoms with Crippen LogP contribution in [-0.4, -0.2) is 35.0 Å². The second kappa shape index (κ2) is 6.75. The van der Waals surface area contributed by atoms with Gasteiger partial charge in [-0.05, 0) is 25.3 Å². The molecule has 1 amide bonds. The van der Waals surface area contributed by atoms with Gasteiger partial charge in [-0.2, -0.15) is 0 Å². The maximum atomic E-state index is 12.1. The Kier molecular flexibility index (Phi) is 5.07. The molecule has 1 aliphatic carbocycles. The number of nitrogens with zero attached hydrogens (tertiary/aromatic N) is 1. The maximum Gasteiger partial charge on any atom is 0.415 e. The van der Waals surface area contributed by atoms with E-state index in [1.54, 1.807) is 4.90 Å². The van der Waals surface area contributed by atoms with Crippen LogP contribution in [0.15, 0.2) is 12.1 Å². The molecule has 1 atom stereocenters. The Bertz CT molecular complexity index is 617. The topological polar surface area (TPSA) is 38.8 Å². The van der Waals surface area contributed by atoms with Crippen LogP contribution < -0.4 is 9.47 Å². The number of carbonyl (C=O) groups is 1. The lowest BCUT2D eigenvalue weighted by Crippen LogP contribution is -2.30. The number of hydrogen-bond donors (Lipinski definition) is 0. The van der Waals surface area contributed by atoms with Crippen LogP contribution in [0.3, 0.4) is 0 Å². The van der Waals surface area contributed by atoms with Crippen LogP contribution >= 0.6 is 46.4 Å². The van der Waals surface area contributed by atoms with E-state index in [2.05, 4.69) is 0 Å². The van der Waals surface area contributed by atoms with Crippen molar-refractivity contribution >= 4 is 52.5 Å². The van der Waals surface area contributed by atoms with Gasteiger partial charge in [0.05, 0.1) is 16.7 Å². The number of amides is 1. The predicted octanol–water partition coefficient (Wildman–Crippen LogP) is 5.16. The van der Waals surface area contributed by atoms with Crippen molar-refractivity contribution in [1.82, 2.24) is 4.90 Å². The Morgan fingerprint density at radius 1 is 1.17 bits per heavy atom. The van der Waals surface area contributed by atoms with Gasteiger partial charge in [-0.3, -0.25) is 0 Å². The molecular formula is C15H15Cl4NO3. The summed E-state index contributed by atoms with van der Waals surface area (Å²) >= 11 is 24.1. The summed E-state index contributed by atoms with van der Waals surface area (Å²) in [6.07, 6.45) is 2.23. The average Bonchev–Trinajstić information content (AvgIpc) is 2.92. The monoisotopic (exact) mass is 397 g/mol. The van der Waals surface area contributed by atoms with E-state index in [0.29, 0.717) is 36.9 Å². The lowest BCUT2D eigenvalue weighted by molar-refractivity contribution is 0.162. The third-order valence-electron chi connectivity index (χ3n) is 3.94. The number of ether oxygens (including phenoxy) is 2. The highest BCUT2D eigenvalue weighted by Crippen LogP contribution is 2.53. The lowest BCUT2D eigenvalue weighted by Gasteiger charge is -2.16. The first kappa shape index (κ1) is 17.3. The smallest absolute Gasteiger partial charge is 0.415 e. The van der Waals surface area contributed by atoms with Crippen LogP contribution in [0.25, 0.3) is 0 Å². The van der Waals surface area contributed by atoms with Crippen molar-refractivity contribution in [3.05, 3.63) is 22.2 Å². The van der Waals surface area contributed by atoms with Gasteiger partial charge in [-0.25, -0.2) is 4.79 Å². The molecule has 1 aromatic carbocycles. The van der Waals surface area contributed by atoms with Crippen molar-refractivity contribution in [1.29, 1.82) is 0 Å².